The predicted octanol–water partition coefficient (Wildman–Crippen LogP) is 6.32. The lowest BCUT2D eigenvalue weighted by atomic mass is 9.94. The van der Waals surface area contributed by atoms with Gasteiger partial charge in [-0.1, -0.05) is 0 Å². The van der Waals surface area contributed by atoms with Gasteiger partial charge in [0.25, 0.3) is 0 Å². The minimum atomic E-state index is -4.62. The summed E-state index contributed by atoms with van der Waals surface area (Å²) in [6.07, 6.45) is 2.08. The van der Waals surface area contributed by atoms with Gasteiger partial charge < -0.3 is 29.0 Å². The van der Waals surface area contributed by atoms with E-state index >= 15 is 0 Å². The number of ether oxygens (including phenoxy) is 3. The van der Waals surface area contributed by atoms with Crippen LogP contribution >= 0.6 is 11.6 Å². The molecule has 1 amide bonds. The molecule has 0 aromatic carbocycles. The maximum atomic E-state index is 14.2. The van der Waals surface area contributed by atoms with E-state index in [1.165, 1.54) is 6.20 Å². The molecule has 43 heavy (non-hydrogen) atoms. The number of rotatable bonds is 7. The van der Waals surface area contributed by atoms with Crippen LogP contribution in [0.2, 0.25) is 5.28 Å². The second kappa shape index (κ2) is 13.0. The lowest BCUT2D eigenvalue weighted by molar-refractivity contribution is -0.114. The molecule has 13 heteroatoms. The number of hydrogen-bond acceptors (Lipinski definition) is 7. The molecular weight excluding hydrogens is 587 g/mol. The Labute approximate surface area is 254 Å². The van der Waals surface area contributed by atoms with Crippen LogP contribution in [-0.2, 0) is 20.8 Å². The summed E-state index contributed by atoms with van der Waals surface area (Å²) in [4.78, 5) is 22.7. The van der Waals surface area contributed by atoms with Gasteiger partial charge in [-0.15, -0.1) is 0 Å². The Balaban J connectivity index is 1.23. The number of likely N-dealkylation sites (tertiary alicyclic amines) is 1. The third-order valence-corrected chi connectivity index (χ3v) is 8.22. The van der Waals surface area contributed by atoms with Gasteiger partial charge in [0.2, 0.25) is 5.28 Å². The molecule has 0 bridgehead atoms. The monoisotopic (exact) mass is 625 g/mol. The number of nitrogens with one attached hydrogen (secondary N) is 1. The van der Waals surface area contributed by atoms with Crippen LogP contribution in [0.1, 0.15) is 58.6 Å². The number of carbonyl (C=O) groups is 1. The molecule has 5 rings (SSSR count). The highest BCUT2D eigenvalue weighted by Gasteiger charge is 2.41. The summed E-state index contributed by atoms with van der Waals surface area (Å²) in [6, 6.07) is 1.82. The van der Waals surface area contributed by atoms with Crippen LogP contribution in [0.5, 0.6) is 0 Å². The number of carbonyl (C=O) groups excluding carboxylic acids is 1. The lowest BCUT2D eigenvalue weighted by Gasteiger charge is -2.34. The molecule has 9 nitrogen and oxygen atoms in total. The van der Waals surface area contributed by atoms with Gasteiger partial charge in [-0.25, -0.2) is 9.78 Å². The number of aromatic nitrogens is 3. The summed E-state index contributed by atoms with van der Waals surface area (Å²) in [5, 5.41) is 3.39. The third-order valence-electron chi connectivity index (χ3n) is 8.05. The highest BCUT2D eigenvalue weighted by atomic mass is 35.5. The first kappa shape index (κ1) is 31.6. The van der Waals surface area contributed by atoms with Gasteiger partial charge in [-0.05, 0) is 88.5 Å². The molecule has 3 aliphatic heterocycles. The maximum absolute atomic E-state index is 14.2. The molecule has 0 spiro atoms. The van der Waals surface area contributed by atoms with Crippen LogP contribution in [0.25, 0.3) is 16.6 Å². The van der Waals surface area contributed by atoms with Gasteiger partial charge in [0.15, 0.2) is 6.23 Å². The predicted molar refractivity (Wildman–Crippen MR) is 156 cm³/mol. The Kier molecular flexibility index (Phi) is 9.58. The minimum absolute atomic E-state index is 0.0339. The maximum Gasteiger partial charge on any atom is 0.417 e. The molecule has 1 N–H and O–H groups in total. The van der Waals surface area contributed by atoms with E-state index in [0.717, 1.165) is 38.3 Å². The van der Waals surface area contributed by atoms with Gasteiger partial charge in [0.05, 0.1) is 11.3 Å². The van der Waals surface area contributed by atoms with Crippen molar-refractivity contribution in [2.45, 2.75) is 77.4 Å². The summed E-state index contributed by atoms with van der Waals surface area (Å²) in [5.74, 6) is 0.664. The quantitative estimate of drug-likeness (QED) is 0.360. The van der Waals surface area contributed by atoms with E-state index < -0.39 is 23.6 Å². The molecule has 5 heterocycles. The van der Waals surface area contributed by atoms with Crippen LogP contribution in [0.15, 0.2) is 30.1 Å². The minimum Gasteiger partial charge on any atom is -0.444 e. The fourth-order valence-corrected chi connectivity index (χ4v) is 5.91. The second-order valence-electron chi connectivity index (χ2n) is 12.4. The molecule has 236 valence electrons. The number of dihydropyridines is 1. The fourth-order valence-electron chi connectivity index (χ4n) is 5.74. The van der Waals surface area contributed by atoms with Crippen LogP contribution in [0, 0.1) is 11.8 Å². The second-order valence-corrected chi connectivity index (χ2v) is 12.8. The van der Waals surface area contributed by atoms with Crippen molar-refractivity contribution in [2.75, 3.05) is 32.9 Å². The molecule has 1 atom stereocenters. The first-order chi connectivity index (χ1) is 20.4. The number of piperidine rings is 1. The molecule has 0 aliphatic carbocycles. The summed E-state index contributed by atoms with van der Waals surface area (Å²) in [6.45, 7) is 8.86. The number of nitrogens with zero attached hydrogens (tertiary/aromatic N) is 4. The number of halogens is 4. The molecule has 2 aromatic rings. The van der Waals surface area contributed by atoms with Crippen molar-refractivity contribution in [1.29, 1.82) is 0 Å². The Hall–Kier alpha value is -2.83. The van der Waals surface area contributed by atoms with E-state index in [1.807, 2.05) is 37.6 Å². The smallest absolute Gasteiger partial charge is 0.417 e. The summed E-state index contributed by atoms with van der Waals surface area (Å²) in [5.41, 5.74) is -0.242. The van der Waals surface area contributed by atoms with Crippen molar-refractivity contribution < 1.29 is 32.2 Å². The number of amides is 1. The Morgan fingerprint density at radius 2 is 1.84 bits per heavy atom. The van der Waals surface area contributed by atoms with Crippen molar-refractivity contribution >= 4 is 34.3 Å². The standard InChI is InChI=1S/C30H39ClF3N5O4/c1-29(2,3)43-28(40)38-10-4-19(5-11-38)9-15-42-26-23(30(32,33)34)16-21(17-35-26)24-22-6-12-39(25(22)37-27(31)36-24)18-20-7-13-41-14-8-20/h6,12,16-17,19-20,26,35H,4-5,7-11,13-15,18H2,1-3H3. The van der Waals surface area contributed by atoms with Crippen LogP contribution in [0.3, 0.4) is 0 Å². The third kappa shape index (κ3) is 8.02. The summed E-state index contributed by atoms with van der Waals surface area (Å²) < 4.78 is 61.3. The first-order valence-corrected chi connectivity index (χ1v) is 15.2. The van der Waals surface area contributed by atoms with Gasteiger partial charge in [-0.3, -0.25) is 0 Å². The van der Waals surface area contributed by atoms with Gasteiger partial charge in [-0.2, -0.15) is 18.2 Å². The SMILES string of the molecule is CC(C)(C)OC(=O)N1CCC(CCOC2NC=C(c3nc(Cl)nc4c3ccn4CC3CCOCC3)C=C2C(F)(F)F)CC1. The average molecular weight is 626 g/mol. The van der Waals surface area contributed by atoms with E-state index in [0.29, 0.717) is 55.4 Å². The molecule has 2 fully saturated rings. The average Bonchev–Trinajstić information content (AvgIpc) is 3.34. The molecule has 2 aromatic heterocycles. The van der Waals surface area contributed by atoms with Gasteiger partial charge >= 0.3 is 12.3 Å². The van der Waals surface area contributed by atoms with Gasteiger partial charge in [0, 0.05) is 62.8 Å². The highest BCUT2D eigenvalue weighted by molar-refractivity contribution is 6.28. The highest BCUT2D eigenvalue weighted by Crippen LogP contribution is 2.36. The van der Waals surface area contributed by atoms with Crippen molar-refractivity contribution in [2.24, 2.45) is 11.8 Å². The zero-order chi connectivity index (χ0) is 30.8. The van der Waals surface area contributed by atoms with E-state index in [2.05, 4.69) is 15.3 Å². The van der Waals surface area contributed by atoms with E-state index in [4.69, 9.17) is 25.8 Å². The van der Waals surface area contributed by atoms with Crippen LogP contribution < -0.4 is 5.32 Å². The first-order valence-electron chi connectivity index (χ1n) is 14.8. The Morgan fingerprint density at radius 1 is 1.12 bits per heavy atom. The topological polar surface area (TPSA) is 90.7 Å². The molecule has 1 unspecified atom stereocenters. The van der Waals surface area contributed by atoms with E-state index in [1.54, 1.807) is 4.90 Å². The molecular formula is C30H39ClF3N5O4. The van der Waals surface area contributed by atoms with Crippen molar-refractivity contribution in [3.63, 3.8) is 0 Å². The number of alkyl halides is 3. The molecule has 0 radical (unpaired) electrons. The molecule has 3 aliphatic rings. The van der Waals surface area contributed by atoms with Crippen LogP contribution in [0.4, 0.5) is 18.0 Å². The summed E-state index contributed by atoms with van der Waals surface area (Å²) in [7, 11) is 0. The van der Waals surface area contributed by atoms with Crippen molar-refractivity contribution in [3.05, 3.63) is 41.1 Å². The Morgan fingerprint density at radius 3 is 2.51 bits per heavy atom. The van der Waals surface area contributed by atoms with E-state index in [9.17, 15) is 18.0 Å². The molecule has 0 saturated carbocycles. The van der Waals surface area contributed by atoms with Crippen molar-refractivity contribution in [1.82, 2.24) is 24.8 Å². The zero-order valence-corrected chi connectivity index (χ0v) is 25.5. The van der Waals surface area contributed by atoms with E-state index in [-0.39, 0.29) is 29.5 Å². The number of allylic oxidation sites excluding steroid dienone is 2. The Bertz CT molecular complexity index is 1360. The number of hydrogen-bond donors (Lipinski definition) is 1. The zero-order valence-electron chi connectivity index (χ0n) is 24.8. The lowest BCUT2D eigenvalue weighted by Crippen LogP contribution is -2.42. The van der Waals surface area contributed by atoms with Crippen LogP contribution in [-0.4, -0.2) is 76.4 Å². The number of fused-ring (bicyclic) bond motifs is 1. The van der Waals surface area contributed by atoms with Gasteiger partial charge in [0.1, 0.15) is 11.2 Å². The largest absolute Gasteiger partial charge is 0.444 e. The fraction of sp³-hybridized carbons (Fsp3) is 0.633. The molecule has 2 saturated heterocycles. The summed E-state index contributed by atoms with van der Waals surface area (Å²) >= 11 is 6.27. The normalized spacial score (nSPS) is 21.0. The van der Waals surface area contributed by atoms with Crippen molar-refractivity contribution in [3.8, 4) is 0 Å².